The predicted octanol–water partition coefficient (Wildman–Crippen LogP) is -0.239. The van der Waals surface area contributed by atoms with Gasteiger partial charge in [-0.2, -0.15) is 0 Å². The van der Waals surface area contributed by atoms with Gasteiger partial charge in [0.25, 0.3) is 11.6 Å². The number of benzene rings is 1. The first-order valence-corrected chi connectivity index (χ1v) is 7.30. The van der Waals surface area contributed by atoms with E-state index in [0.717, 1.165) is 7.11 Å². The molecule has 0 fully saturated rings. The van der Waals surface area contributed by atoms with Crippen molar-refractivity contribution in [3.8, 4) is 0 Å². The third-order valence-electron chi connectivity index (χ3n) is 3.70. The molecule has 25 heavy (non-hydrogen) atoms. The van der Waals surface area contributed by atoms with Crippen LogP contribution in [0.1, 0.15) is 5.56 Å². The van der Waals surface area contributed by atoms with Crippen LogP contribution in [0.3, 0.4) is 0 Å². The van der Waals surface area contributed by atoms with Gasteiger partial charge in [0.2, 0.25) is 0 Å². The van der Waals surface area contributed by atoms with E-state index < -0.39 is 23.4 Å². The molecule has 0 aliphatic carbocycles. The number of methoxy groups -OCH3 is 1. The van der Waals surface area contributed by atoms with E-state index in [1.54, 1.807) is 0 Å². The van der Waals surface area contributed by atoms with Crippen LogP contribution in [0.4, 0.5) is 11.4 Å². The molecule has 0 bridgehead atoms. The summed E-state index contributed by atoms with van der Waals surface area (Å²) < 4.78 is 4.65. The van der Waals surface area contributed by atoms with Crippen LogP contribution in [0.25, 0.3) is 0 Å². The molecule has 3 N–H and O–H groups in total. The highest BCUT2D eigenvalue weighted by Gasteiger charge is 2.35. The van der Waals surface area contributed by atoms with Gasteiger partial charge in [0.05, 0.1) is 37.4 Å². The van der Waals surface area contributed by atoms with Gasteiger partial charge in [-0.1, -0.05) is 12.1 Å². The number of ether oxygens (including phenoxy) is 1. The van der Waals surface area contributed by atoms with Crippen molar-refractivity contribution >= 4 is 23.3 Å². The summed E-state index contributed by atoms with van der Waals surface area (Å²) in [6.07, 6.45) is 0. The van der Waals surface area contributed by atoms with Crippen molar-refractivity contribution < 1.29 is 29.5 Å². The first-order chi connectivity index (χ1) is 11.9. The number of anilines is 1. The maximum atomic E-state index is 12.5. The zero-order valence-electron chi connectivity index (χ0n) is 13.4. The Bertz CT molecular complexity index is 745. The molecule has 1 aliphatic rings. The number of amides is 1. The topological polar surface area (TPSA) is 142 Å². The van der Waals surface area contributed by atoms with E-state index in [2.05, 4.69) is 10.1 Å². The standard InChI is InChI=1S/C15H17N3O7/c1-25-15(22)10-7-17(5-6-19)14(21)13(10)16-12-9(8-20)3-2-4-11(12)18(23)24/h2-4,16,19-20H,5-8H2,1H3. The van der Waals surface area contributed by atoms with Gasteiger partial charge in [-0.3, -0.25) is 14.9 Å². The van der Waals surface area contributed by atoms with Gasteiger partial charge in [-0.15, -0.1) is 0 Å². The van der Waals surface area contributed by atoms with Gasteiger partial charge in [0.1, 0.15) is 11.4 Å². The summed E-state index contributed by atoms with van der Waals surface area (Å²) in [5.74, 6) is -1.36. The Kier molecular flexibility index (Phi) is 5.67. The Balaban J connectivity index is 2.50. The van der Waals surface area contributed by atoms with Crippen LogP contribution in [-0.4, -0.2) is 58.7 Å². The molecular formula is C15H17N3O7. The number of esters is 1. The van der Waals surface area contributed by atoms with E-state index in [-0.39, 0.29) is 47.9 Å². The summed E-state index contributed by atoms with van der Waals surface area (Å²) in [5, 5.41) is 32.3. The summed E-state index contributed by atoms with van der Waals surface area (Å²) in [6, 6.07) is 4.07. The third kappa shape index (κ3) is 3.59. The molecule has 0 saturated carbocycles. The van der Waals surface area contributed by atoms with Crippen molar-refractivity contribution in [1.82, 2.24) is 4.90 Å². The Labute approximate surface area is 142 Å². The van der Waals surface area contributed by atoms with E-state index in [0.29, 0.717) is 0 Å². The van der Waals surface area contributed by atoms with Crippen LogP contribution in [0.5, 0.6) is 0 Å². The van der Waals surface area contributed by atoms with Crippen molar-refractivity contribution in [1.29, 1.82) is 0 Å². The smallest absolute Gasteiger partial charge is 0.337 e. The predicted molar refractivity (Wildman–Crippen MR) is 85.3 cm³/mol. The molecule has 2 rings (SSSR count). The maximum Gasteiger partial charge on any atom is 0.337 e. The molecule has 1 amide bonds. The van der Waals surface area contributed by atoms with Crippen molar-refractivity contribution in [2.75, 3.05) is 32.1 Å². The Hall–Kier alpha value is -2.98. The molecule has 134 valence electrons. The summed E-state index contributed by atoms with van der Waals surface area (Å²) in [5.41, 5.74) is -0.422. The molecule has 10 heteroatoms. The summed E-state index contributed by atoms with van der Waals surface area (Å²) in [4.78, 5) is 36.2. The Morgan fingerprint density at radius 2 is 2.16 bits per heavy atom. The molecule has 0 spiro atoms. The second kappa shape index (κ2) is 7.73. The fraction of sp³-hybridized carbons (Fsp3) is 0.333. The van der Waals surface area contributed by atoms with E-state index in [4.69, 9.17) is 5.11 Å². The van der Waals surface area contributed by atoms with Crippen LogP contribution < -0.4 is 5.32 Å². The van der Waals surface area contributed by atoms with Crippen LogP contribution in [0, 0.1) is 10.1 Å². The molecule has 1 aromatic carbocycles. The second-order valence-electron chi connectivity index (χ2n) is 5.15. The van der Waals surface area contributed by atoms with Gasteiger partial charge < -0.3 is 25.2 Å². The van der Waals surface area contributed by atoms with Crippen LogP contribution >= 0.6 is 0 Å². The average molecular weight is 351 g/mol. The minimum absolute atomic E-state index is 0.00571. The molecule has 0 unspecified atom stereocenters. The number of aliphatic hydroxyl groups is 2. The highest BCUT2D eigenvalue weighted by molar-refractivity contribution is 6.09. The Morgan fingerprint density at radius 1 is 1.44 bits per heavy atom. The number of hydrogen-bond acceptors (Lipinski definition) is 8. The van der Waals surface area contributed by atoms with Crippen LogP contribution in [-0.2, 0) is 20.9 Å². The Morgan fingerprint density at radius 3 is 2.72 bits per heavy atom. The largest absolute Gasteiger partial charge is 0.466 e. The first kappa shape index (κ1) is 18.4. The van der Waals surface area contributed by atoms with Gasteiger partial charge in [0, 0.05) is 18.2 Å². The van der Waals surface area contributed by atoms with Gasteiger partial charge in [0.15, 0.2) is 0 Å². The monoisotopic (exact) mass is 351 g/mol. The molecule has 10 nitrogen and oxygen atoms in total. The number of β-amino-alcohol motifs (C(OH)–C–C–N with tert-alkyl or cyclic N) is 1. The number of carbonyl (C=O) groups excluding carboxylic acids is 2. The number of nitrogens with zero attached hydrogens (tertiary/aromatic N) is 2. The SMILES string of the molecule is COC(=O)C1=C(Nc2c(CO)cccc2[N+](=O)[O-])C(=O)N(CCO)C1. The van der Waals surface area contributed by atoms with Crippen molar-refractivity contribution in [2.24, 2.45) is 0 Å². The molecule has 0 atom stereocenters. The third-order valence-corrected chi connectivity index (χ3v) is 3.70. The maximum absolute atomic E-state index is 12.5. The van der Waals surface area contributed by atoms with Crippen LogP contribution in [0.2, 0.25) is 0 Å². The zero-order valence-corrected chi connectivity index (χ0v) is 13.4. The number of nitro benzene ring substituents is 1. The number of rotatable bonds is 7. The number of carbonyl (C=O) groups is 2. The lowest BCUT2D eigenvalue weighted by Crippen LogP contribution is -2.31. The average Bonchev–Trinajstić information content (AvgIpc) is 2.91. The van der Waals surface area contributed by atoms with Gasteiger partial charge in [-0.05, 0) is 0 Å². The van der Waals surface area contributed by atoms with Crippen molar-refractivity contribution in [3.63, 3.8) is 0 Å². The summed E-state index contributed by atoms with van der Waals surface area (Å²) in [7, 11) is 1.15. The molecular weight excluding hydrogens is 334 g/mol. The van der Waals surface area contributed by atoms with Crippen LogP contribution in [0.15, 0.2) is 29.5 Å². The number of aliphatic hydroxyl groups excluding tert-OH is 2. The molecule has 1 heterocycles. The zero-order chi connectivity index (χ0) is 18.6. The van der Waals surface area contributed by atoms with Crippen molar-refractivity contribution in [3.05, 3.63) is 45.1 Å². The molecule has 0 aromatic heterocycles. The lowest BCUT2D eigenvalue weighted by molar-refractivity contribution is -0.384. The number of para-hydroxylation sites is 1. The fourth-order valence-corrected chi connectivity index (χ4v) is 2.49. The molecule has 0 saturated heterocycles. The fourth-order valence-electron chi connectivity index (χ4n) is 2.49. The van der Waals surface area contributed by atoms with E-state index >= 15 is 0 Å². The lowest BCUT2D eigenvalue weighted by Gasteiger charge is -2.15. The minimum Gasteiger partial charge on any atom is -0.466 e. The number of nitrogens with one attached hydrogen (secondary N) is 1. The highest BCUT2D eigenvalue weighted by Crippen LogP contribution is 2.32. The highest BCUT2D eigenvalue weighted by atomic mass is 16.6. The van der Waals surface area contributed by atoms with Crippen molar-refractivity contribution in [2.45, 2.75) is 6.61 Å². The van der Waals surface area contributed by atoms with E-state index in [1.165, 1.54) is 23.1 Å². The number of hydrogen-bond donors (Lipinski definition) is 3. The summed E-state index contributed by atoms with van der Waals surface area (Å²) >= 11 is 0. The minimum atomic E-state index is -0.763. The molecule has 0 radical (unpaired) electrons. The lowest BCUT2D eigenvalue weighted by atomic mass is 10.1. The van der Waals surface area contributed by atoms with E-state index in [1.807, 2.05) is 0 Å². The number of nitro groups is 1. The quantitative estimate of drug-likeness (QED) is 0.347. The van der Waals surface area contributed by atoms with E-state index in [9.17, 15) is 24.8 Å². The normalized spacial score (nSPS) is 14.0. The molecule has 1 aliphatic heterocycles. The summed E-state index contributed by atoms with van der Waals surface area (Å²) in [6.45, 7) is -0.905. The first-order valence-electron chi connectivity index (χ1n) is 7.30. The second-order valence-corrected chi connectivity index (χ2v) is 5.15. The van der Waals surface area contributed by atoms with Gasteiger partial charge >= 0.3 is 5.97 Å². The molecule has 1 aromatic rings. The van der Waals surface area contributed by atoms with Gasteiger partial charge in [-0.25, -0.2) is 4.79 Å².